The van der Waals surface area contributed by atoms with Crippen LogP contribution >= 0.6 is 0 Å². The molecule has 0 radical (unpaired) electrons. The second-order valence-corrected chi connectivity index (χ2v) is 6.44. The molecule has 0 fully saturated rings. The lowest BCUT2D eigenvalue weighted by Gasteiger charge is -2.10. The van der Waals surface area contributed by atoms with Crippen molar-refractivity contribution in [3.8, 4) is 0 Å². The number of nitro benzene ring substituents is 1. The summed E-state index contributed by atoms with van der Waals surface area (Å²) in [6.07, 6.45) is 0. The van der Waals surface area contributed by atoms with Gasteiger partial charge in [-0.1, -0.05) is 30.3 Å². The summed E-state index contributed by atoms with van der Waals surface area (Å²) in [5.41, 5.74) is 2.18. The van der Waals surface area contributed by atoms with Gasteiger partial charge < -0.3 is 16.0 Å². The predicted molar refractivity (Wildman–Crippen MR) is 114 cm³/mol. The van der Waals surface area contributed by atoms with Gasteiger partial charge in [-0.3, -0.25) is 19.7 Å². The van der Waals surface area contributed by atoms with Gasteiger partial charge in [0.1, 0.15) is 5.69 Å². The number of nitrogens with zero attached hydrogens (tertiary/aromatic N) is 1. The van der Waals surface area contributed by atoms with E-state index in [9.17, 15) is 19.7 Å². The minimum atomic E-state index is -0.533. The van der Waals surface area contributed by atoms with Crippen molar-refractivity contribution in [3.05, 3.63) is 99.6 Å². The third-order valence-corrected chi connectivity index (χ3v) is 4.38. The highest BCUT2D eigenvalue weighted by atomic mass is 16.6. The lowest BCUT2D eigenvalue weighted by atomic mass is 10.1. The Bertz CT molecular complexity index is 1080. The molecule has 3 rings (SSSR count). The van der Waals surface area contributed by atoms with Gasteiger partial charge in [0.2, 0.25) is 0 Å². The molecule has 3 N–H and O–H groups in total. The quantitative estimate of drug-likeness (QED) is 0.411. The molecule has 0 heterocycles. The number of nitrogens with one attached hydrogen (secondary N) is 3. The number of carbonyl (C=O) groups excluding carboxylic acids is 2. The van der Waals surface area contributed by atoms with Crippen molar-refractivity contribution in [3.63, 3.8) is 0 Å². The lowest BCUT2D eigenvalue weighted by molar-refractivity contribution is -0.383. The van der Waals surface area contributed by atoms with Crippen molar-refractivity contribution in [2.45, 2.75) is 6.54 Å². The monoisotopic (exact) mass is 404 g/mol. The first kappa shape index (κ1) is 20.5. The summed E-state index contributed by atoms with van der Waals surface area (Å²) < 4.78 is 0. The van der Waals surface area contributed by atoms with Crippen LogP contribution in [-0.4, -0.2) is 23.8 Å². The maximum absolute atomic E-state index is 12.5. The van der Waals surface area contributed by atoms with Gasteiger partial charge >= 0.3 is 0 Å². The molecule has 152 valence electrons. The summed E-state index contributed by atoms with van der Waals surface area (Å²) in [5, 5.41) is 19.7. The molecule has 0 unspecified atom stereocenters. The third-order valence-electron chi connectivity index (χ3n) is 4.38. The molecule has 3 aromatic carbocycles. The highest BCUT2D eigenvalue weighted by molar-refractivity contribution is 5.96. The molecule has 0 saturated carbocycles. The smallest absolute Gasteiger partial charge is 0.293 e. The van der Waals surface area contributed by atoms with E-state index in [-0.39, 0.29) is 23.7 Å². The number of carbonyl (C=O) groups is 2. The van der Waals surface area contributed by atoms with Crippen molar-refractivity contribution < 1.29 is 14.5 Å². The van der Waals surface area contributed by atoms with Crippen LogP contribution in [0.1, 0.15) is 26.3 Å². The summed E-state index contributed by atoms with van der Waals surface area (Å²) >= 11 is 0. The van der Waals surface area contributed by atoms with Crippen LogP contribution in [-0.2, 0) is 6.54 Å². The van der Waals surface area contributed by atoms with Crippen LogP contribution in [0, 0.1) is 10.1 Å². The molecular weight excluding hydrogens is 384 g/mol. The zero-order valence-corrected chi connectivity index (χ0v) is 16.2. The predicted octanol–water partition coefficient (Wildman–Crippen LogP) is 3.63. The highest BCUT2D eigenvalue weighted by Gasteiger charge is 2.18. The number of nitro groups is 1. The molecule has 30 heavy (non-hydrogen) atoms. The normalized spacial score (nSPS) is 10.2. The van der Waals surface area contributed by atoms with E-state index in [1.165, 1.54) is 18.2 Å². The number of amides is 2. The van der Waals surface area contributed by atoms with Crippen molar-refractivity contribution in [2.75, 3.05) is 12.4 Å². The van der Waals surface area contributed by atoms with Crippen molar-refractivity contribution >= 4 is 28.9 Å². The first-order chi connectivity index (χ1) is 14.5. The number of rotatable bonds is 7. The van der Waals surface area contributed by atoms with E-state index in [0.717, 1.165) is 5.56 Å². The molecule has 2 amide bonds. The molecule has 0 spiro atoms. The van der Waals surface area contributed by atoms with Gasteiger partial charge in [-0.2, -0.15) is 0 Å². The summed E-state index contributed by atoms with van der Waals surface area (Å²) in [6.45, 7) is 0.182. The molecule has 8 heteroatoms. The van der Waals surface area contributed by atoms with E-state index < -0.39 is 10.8 Å². The summed E-state index contributed by atoms with van der Waals surface area (Å²) in [6, 6.07) is 20.2. The minimum absolute atomic E-state index is 0.169. The van der Waals surface area contributed by atoms with Crippen LogP contribution in [0.3, 0.4) is 0 Å². The zero-order valence-electron chi connectivity index (χ0n) is 16.2. The molecule has 8 nitrogen and oxygen atoms in total. The number of benzene rings is 3. The highest BCUT2D eigenvalue weighted by Crippen LogP contribution is 2.28. The number of anilines is 2. The van der Waals surface area contributed by atoms with Crippen LogP contribution in [0.25, 0.3) is 0 Å². The third kappa shape index (κ3) is 4.99. The standard InChI is InChI=1S/C22H20N4O4/c1-23-21(27)16-7-5-6-15(12-16)14-24-22(28)17-10-11-19(20(13-17)26(29)30)25-18-8-3-2-4-9-18/h2-13,25H,14H2,1H3,(H,23,27)(H,24,28). The van der Waals surface area contributed by atoms with Crippen LogP contribution in [0.4, 0.5) is 17.1 Å². The lowest BCUT2D eigenvalue weighted by Crippen LogP contribution is -2.23. The Hall–Kier alpha value is -4.20. The van der Waals surface area contributed by atoms with Gasteiger partial charge in [0.15, 0.2) is 0 Å². The summed E-state index contributed by atoms with van der Waals surface area (Å²) in [4.78, 5) is 35.2. The Balaban J connectivity index is 1.74. The van der Waals surface area contributed by atoms with Crippen molar-refractivity contribution in [2.24, 2.45) is 0 Å². The molecule has 0 aromatic heterocycles. The first-order valence-corrected chi connectivity index (χ1v) is 9.17. The van der Waals surface area contributed by atoms with E-state index in [4.69, 9.17) is 0 Å². The largest absolute Gasteiger partial charge is 0.355 e. The molecule has 0 saturated heterocycles. The minimum Gasteiger partial charge on any atom is -0.355 e. The first-order valence-electron chi connectivity index (χ1n) is 9.17. The SMILES string of the molecule is CNC(=O)c1cccc(CNC(=O)c2ccc(Nc3ccccc3)c([N+](=O)[O-])c2)c1. The van der Waals surface area contributed by atoms with E-state index in [1.807, 2.05) is 18.2 Å². The number of para-hydroxylation sites is 1. The fourth-order valence-corrected chi connectivity index (χ4v) is 2.86. The summed E-state index contributed by atoms with van der Waals surface area (Å²) in [5.74, 6) is -0.671. The van der Waals surface area contributed by atoms with Crippen LogP contribution in [0.5, 0.6) is 0 Å². The van der Waals surface area contributed by atoms with Crippen LogP contribution in [0.2, 0.25) is 0 Å². The molecule has 0 aliphatic carbocycles. The maximum atomic E-state index is 12.5. The van der Waals surface area contributed by atoms with Gasteiger partial charge in [0, 0.05) is 36.5 Å². The molecule has 3 aromatic rings. The fourth-order valence-electron chi connectivity index (χ4n) is 2.86. The average Bonchev–Trinajstić information content (AvgIpc) is 2.78. The van der Waals surface area contributed by atoms with Gasteiger partial charge in [-0.15, -0.1) is 0 Å². The second-order valence-electron chi connectivity index (χ2n) is 6.44. The Morgan fingerprint density at radius 2 is 1.63 bits per heavy atom. The Morgan fingerprint density at radius 3 is 2.33 bits per heavy atom. The number of hydrogen-bond donors (Lipinski definition) is 3. The molecule has 0 bridgehead atoms. The maximum Gasteiger partial charge on any atom is 0.293 e. The van der Waals surface area contributed by atoms with Gasteiger partial charge in [0.05, 0.1) is 4.92 Å². The van der Waals surface area contributed by atoms with Crippen molar-refractivity contribution in [1.82, 2.24) is 10.6 Å². The topological polar surface area (TPSA) is 113 Å². The molecule has 0 aliphatic heterocycles. The van der Waals surface area contributed by atoms with Gasteiger partial charge in [-0.05, 0) is 42.0 Å². The Morgan fingerprint density at radius 1 is 0.900 bits per heavy atom. The van der Waals surface area contributed by atoms with Crippen molar-refractivity contribution in [1.29, 1.82) is 0 Å². The van der Waals surface area contributed by atoms with Crippen LogP contribution in [0.15, 0.2) is 72.8 Å². The Kier molecular flexibility index (Phi) is 6.39. The van der Waals surface area contributed by atoms with E-state index in [2.05, 4.69) is 16.0 Å². The molecule has 0 atom stereocenters. The van der Waals surface area contributed by atoms with E-state index in [0.29, 0.717) is 16.9 Å². The zero-order chi connectivity index (χ0) is 21.5. The van der Waals surface area contributed by atoms with Gasteiger partial charge in [0.25, 0.3) is 17.5 Å². The summed E-state index contributed by atoms with van der Waals surface area (Å²) in [7, 11) is 1.54. The fraction of sp³-hybridized carbons (Fsp3) is 0.0909. The van der Waals surface area contributed by atoms with E-state index in [1.54, 1.807) is 43.4 Å². The van der Waals surface area contributed by atoms with Gasteiger partial charge in [-0.25, -0.2) is 0 Å². The Labute approximate surface area is 173 Å². The number of hydrogen-bond acceptors (Lipinski definition) is 5. The van der Waals surface area contributed by atoms with Crippen LogP contribution < -0.4 is 16.0 Å². The molecular formula is C22H20N4O4. The molecule has 0 aliphatic rings. The average molecular weight is 404 g/mol. The van der Waals surface area contributed by atoms with E-state index >= 15 is 0 Å². The second kappa shape index (κ2) is 9.33.